The normalized spacial score (nSPS) is 10.4. The standard InChI is InChI=1S/C15H14BrN3O2/c1-21-13-5-3-2-4-11(13)6-8-18-15(20)19-14-10-12(16)7-9-17-14/h2-10H,1H3,(H2,17,18,19,20)/b8-6+. The van der Waals surface area contributed by atoms with Crippen LogP contribution in [0.1, 0.15) is 5.56 Å². The van der Waals surface area contributed by atoms with E-state index in [4.69, 9.17) is 4.74 Å². The number of amides is 2. The number of benzene rings is 1. The molecule has 0 aliphatic carbocycles. The number of nitrogens with zero attached hydrogens (tertiary/aromatic N) is 1. The van der Waals surface area contributed by atoms with Crippen molar-refractivity contribution in [3.05, 3.63) is 58.8 Å². The van der Waals surface area contributed by atoms with Crippen molar-refractivity contribution in [2.24, 2.45) is 0 Å². The van der Waals surface area contributed by atoms with E-state index in [0.717, 1.165) is 15.8 Å². The summed E-state index contributed by atoms with van der Waals surface area (Å²) in [5.74, 6) is 1.21. The van der Waals surface area contributed by atoms with Gasteiger partial charge in [0, 0.05) is 22.4 Å². The molecule has 0 radical (unpaired) electrons. The Morgan fingerprint density at radius 2 is 2.14 bits per heavy atom. The van der Waals surface area contributed by atoms with Crippen LogP contribution in [-0.4, -0.2) is 18.1 Å². The van der Waals surface area contributed by atoms with Crippen molar-refractivity contribution in [1.29, 1.82) is 0 Å². The molecule has 2 N–H and O–H groups in total. The Morgan fingerprint density at radius 1 is 1.33 bits per heavy atom. The molecule has 0 aliphatic rings. The minimum atomic E-state index is -0.369. The zero-order chi connectivity index (χ0) is 15.1. The first-order valence-electron chi connectivity index (χ1n) is 6.17. The number of carbonyl (C=O) groups excluding carboxylic acids is 1. The fourth-order valence-electron chi connectivity index (χ4n) is 1.64. The van der Waals surface area contributed by atoms with E-state index in [1.165, 1.54) is 0 Å². The smallest absolute Gasteiger partial charge is 0.324 e. The molecule has 2 amide bonds. The predicted octanol–water partition coefficient (Wildman–Crippen LogP) is 3.65. The van der Waals surface area contributed by atoms with E-state index in [2.05, 4.69) is 31.5 Å². The molecule has 21 heavy (non-hydrogen) atoms. The Balaban J connectivity index is 1.93. The number of anilines is 1. The topological polar surface area (TPSA) is 63.2 Å². The Kier molecular flexibility index (Phi) is 5.34. The highest BCUT2D eigenvalue weighted by Crippen LogP contribution is 2.18. The highest BCUT2D eigenvalue weighted by atomic mass is 79.9. The number of halogens is 1. The molecule has 0 saturated heterocycles. The third-order valence-corrected chi connectivity index (χ3v) is 3.07. The number of carbonyl (C=O) groups is 1. The number of hydrogen-bond acceptors (Lipinski definition) is 3. The first-order chi connectivity index (χ1) is 10.2. The number of para-hydroxylation sites is 1. The average molecular weight is 348 g/mol. The second-order valence-electron chi connectivity index (χ2n) is 4.03. The van der Waals surface area contributed by atoms with Crippen LogP contribution >= 0.6 is 15.9 Å². The van der Waals surface area contributed by atoms with Gasteiger partial charge >= 0.3 is 6.03 Å². The maximum Gasteiger partial charge on any atom is 0.324 e. The molecule has 108 valence electrons. The van der Waals surface area contributed by atoms with E-state index in [1.807, 2.05) is 24.3 Å². The summed E-state index contributed by atoms with van der Waals surface area (Å²) in [5.41, 5.74) is 0.876. The van der Waals surface area contributed by atoms with E-state index in [1.54, 1.807) is 37.7 Å². The number of ether oxygens (including phenoxy) is 1. The summed E-state index contributed by atoms with van der Waals surface area (Å²) in [6.07, 6.45) is 4.91. The highest BCUT2D eigenvalue weighted by Gasteiger charge is 2.01. The lowest BCUT2D eigenvalue weighted by atomic mass is 10.2. The molecule has 0 fully saturated rings. The first kappa shape index (κ1) is 15.1. The Bertz CT molecular complexity index is 659. The first-order valence-corrected chi connectivity index (χ1v) is 6.97. The average Bonchev–Trinajstić information content (AvgIpc) is 2.47. The zero-order valence-electron chi connectivity index (χ0n) is 11.3. The van der Waals surface area contributed by atoms with Crippen molar-refractivity contribution in [2.45, 2.75) is 0 Å². The van der Waals surface area contributed by atoms with Crippen LogP contribution < -0.4 is 15.4 Å². The molecule has 1 heterocycles. The van der Waals surface area contributed by atoms with E-state index in [-0.39, 0.29) is 6.03 Å². The van der Waals surface area contributed by atoms with Gasteiger partial charge in [-0.15, -0.1) is 0 Å². The van der Waals surface area contributed by atoms with Crippen LogP contribution in [0, 0.1) is 0 Å². The van der Waals surface area contributed by atoms with Gasteiger partial charge in [-0.1, -0.05) is 34.1 Å². The minimum Gasteiger partial charge on any atom is -0.496 e. The number of aromatic nitrogens is 1. The monoisotopic (exact) mass is 347 g/mol. The van der Waals surface area contributed by atoms with E-state index >= 15 is 0 Å². The molecule has 0 unspecified atom stereocenters. The minimum absolute atomic E-state index is 0.369. The Morgan fingerprint density at radius 3 is 2.90 bits per heavy atom. The molecule has 2 rings (SSSR count). The fraction of sp³-hybridized carbons (Fsp3) is 0.0667. The van der Waals surface area contributed by atoms with Gasteiger partial charge in [-0.05, 0) is 24.3 Å². The van der Waals surface area contributed by atoms with Crippen molar-refractivity contribution >= 4 is 33.9 Å². The van der Waals surface area contributed by atoms with Gasteiger partial charge in [-0.2, -0.15) is 0 Å². The van der Waals surface area contributed by atoms with Crippen molar-refractivity contribution in [3.63, 3.8) is 0 Å². The molecular formula is C15H14BrN3O2. The summed E-state index contributed by atoms with van der Waals surface area (Å²) in [6.45, 7) is 0. The number of urea groups is 1. The SMILES string of the molecule is COc1ccccc1/C=C/NC(=O)Nc1cc(Br)ccn1. The maximum atomic E-state index is 11.7. The summed E-state index contributed by atoms with van der Waals surface area (Å²) in [7, 11) is 1.60. The number of nitrogens with one attached hydrogen (secondary N) is 2. The summed E-state index contributed by atoms with van der Waals surface area (Å²) in [5, 5.41) is 5.23. The lowest BCUT2D eigenvalue weighted by Gasteiger charge is -2.05. The van der Waals surface area contributed by atoms with Crippen LogP contribution in [0.5, 0.6) is 5.75 Å². The molecule has 6 heteroatoms. The molecule has 0 saturated carbocycles. The maximum absolute atomic E-state index is 11.7. The van der Waals surface area contributed by atoms with Crippen LogP contribution in [0.4, 0.5) is 10.6 Å². The van der Waals surface area contributed by atoms with Gasteiger partial charge in [-0.25, -0.2) is 9.78 Å². The molecule has 0 aliphatic heterocycles. The second-order valence-corrected chi connectivity index (χ2v) is 4.95. The molecule has 0 atom stereocenters. The van der Waals surface area contributed by atoms with Crippen LogP contribution in [0.25, 0.3) is 6.08 Å². The molecule has 0 spiro atoms. The largest absolute Gasteiger partial charge is 0.496 e. The predicted molar refractivity (Wildman–Crippen MR) is 86.1 cm³/mol. The Hall–Kier alpha value is -2.34. The van der Waals surface area contributed by atoms with Crippen molar-refractivity contribution in [2.75, 3.05) is 12.4 Å². The lowest BCUT2D eigenvalue weighted by molar-refractivity contribution is 0.255. The quantitative estimate of drug-likeness (QED) is 0.887. The fourth-order valence-corrected chi connectivity index (χ4v) is 1.97. The van der Waals surface area contributed by atoms with Gasteiger partial charge < -0.3 is 10.1 Å². The molecule has 0 bridgehead atoms. The van der Waals surface area contributed by atoms with Gasteiger partial charge in [-0.3, -0.25) is 5.32 Å². The number of methoxy groups -OCH3 is 1. The third kappa shape index (κ3) is 4.61. The van der Waals surface area contributed by atoms with Gasteiger partial charge in [0.15, 0.2) is 0 Å². The van der Waals surface area contributed by atoms with Gasteiger partial charge in [0.25, 0.3) is 0 Å². The molecule has 1 aromatic heterocycles. The van der Waals surface area contributed by atoms with Crippen LogP contribution in [0.3, 0.4) is 0 Å². The van der Waals surface area contributed by atoms with Gasteiger partial charge in [0.1, 0.15) is 11.6 Å². The van der Waals surface area contributed by atoms with Crippen LogP contribution in [-0.2, 0) is 0 Å². The van der Waals surface area contributed by atoms with Crippen LogP contribution in [0.2, 0.25) is 0 Å². The molecular weight excluding hydrogens is 334 g/mol. The summed E-state index contributed by atoms with van der Waals surface area (Å²) >= 11 is 3.31. The van der Waals surface area contributed by atoms with Crippen molar-refractivity contribution in [1.82, 2.24) is 10.3 Å². The summed E-state index contributed by atoms with van der Waals surface area (Å²) < 4.78 is 6.06. The second kappa shape index (κ2) is 7.44. The number of hydrogen-bond donors (Lipinski definition) is 2. The summed E-state index contributed by atoms with van der Waals surface area (Å²) in [4.78, 5) is 15.7. The highest BCUT2D eigenvalue weighted by molar-refractivity contribution is 9.10. The van der Waals surface area contributed by atoms with Gasteiger partial charge in [0.2, 0.25) is 0 Å². The van der Waals surface area contributed by atoms with Crippen molar-refractivity contribution in [3.8, 4) is 5.75 Å². The number of rotatable bonds is 4. The van der Waals surface area contributed by atoms with Crippen LogP contribution in [0.15, 0.2) is 53.3 Å². The van der Waals surface area contributed by atoms with E-state index in [9.17, 15) is 4.79 Å². The van der Waals surface area contributed by atoms with E-state index < -0.39 is 0 Å². The van der Waals surface area contributed by atoms with E-state index in [0.29, 0.717) is 5.82 Å². The number of pyridine rings is 1. The third-order valence-electron chi connectivity index (χ3n) is 2.58. The molecule has 1 aromatic carbocycles. The molecule has 2 aromatic rings. The Labute approximate surface area is 131 Å². The lowest BCUT2D eigenvalue weighted by Crippen LogP contribution is -2.24. The summed E-state index contributed by atoms with van der Waals surface area (Å²) in [6, 6.07) is 10.7. The zero-order valence-corrected chi connectivity index (χ0v) is 12.9. The van der Waals surface area contributed by atoms with Gasteiger partial charge in [0.05, 0.1) is 7.11 Å². The molecule has 5 nitrogen and oxygen atoms in total. The van der Waals surface area contributed by atoms with Crippen molar-refractivity contribution < 1.29 is 9.53 Å².